The number of nitrogens with zero attached hydrogens (tertiary/aromatic N) is 2. The van der Waals surface area contributed by atoms with Crippen LogP contribution in [0.1, 0.15) is 40.1 Å². The molecule has 2 aromatic heterocycles. The standard InChI is InChI=1S/C21H19F3N4O3/c22-13-7-6-12(19(30)26-14-4-3-8-21(23,24)18(14)29)10-15(13)27-20(31)16-11-25-17-5-1-2-9-28(16)17/h1-2,5-7,9-11,14,18,29H,3-4,8H2,(H,26,30)(H,27,31)/t14-,18+/m1/s1. The molecule has 1 aromatic carbocycles. The third kappa shape index (κ3) is 4.11. The Balaban J connectivity index is 1.52. The van der Waals surface area contributed by atoms with E-state index < -0.39 is 42.1 Å². The number of pyridine rings is 1. The summed E-state index contributed by atoms with van der Waals surface area (Å²) < 4.78 is 43.2. The van der Waals surface area contributed by atoms with Gasteiger partial charge in [-0.15, -0.1) is 0 Å². The highest BCUT2D eigenvalue weighted by Crippen LogP contribution is 2.33. The molecular formula is C21H19F3N4O3. The fourth-order valence-corrected chi connectivity index (χ4v) is 3.61. The Labute approximate surface area is 174 Å². The van der Waals surface area contributed by atoms with Crippen LogP contribution in [0.15, 0.2) is 48.8 Å². The van der Waals surface area contributed by atoms with Crippen LogP contribution in [0, 0.1) is 5.82 Å². The molecule has 0 saturated heterocycles. The summed E-state index contributed by atoms with van der Waals surface area (Å²) >= 11 is 0. The maximum atomic E-state index is 14.3. The van der Waals surface area contributed by atoms with Gasteiger partial charge in [-0.3, -0.25) is 14.0 Å². The highest BCUT2D eigenvalue weighted by molar-refractivity contribution is 6.04. The summed E-state index contributed by atoms with van der Waals surface area (Å²) in [6.07, 6.45) is 0.865. The van der Waals surface area contributed by atoms with Gasteiger partial charge in [-0.2, -0.15) is 0 Å². The Morgan fingerprint density at radius 3 is 2.81 bits per heavy atom. The molecule has 2 heterocycles. The van der Waals surface area contributed by atoms with E-state index in [1.165, 1.54) is 16.7 Å². The van der Waals surface area contributed by atoms with Crippen LogP contribution in [0.3, 0.4) is 0 Å². The molecule has 1 aliphatic rings. The predicted octanol–water partition coefficient (Wildman–Crippen LogP) is 3.00. The number of hydrogen-bond donors (Lipinski definition) is 3. The molecule has 1 fully saturated rings. The SMILES string of the molecule is O=C(N[C@@H]1CCCC(F)(F)[C@H]1O)c1ccc(F)c(NC(=O)c2cnc3ccccn23)c1. The molecule has 31 heavy (non-hydrogen) atoms. The Morgan fingerprint density at radius 2 is 2.00 bits per heavy atom. The summed E-state index contributed by atoms with van der Waals surface area (Å²) in [5.41, 5.74) is 0.399. The number of alkyl halides is 2. The Bertz CT molecular complexity index is 1150. The Morgan fingerprint density at radius 1 is 1.19 bits per heavy atom. The van der Waals surface area contributed by atoms with Crippen molar-refractivity contribution in [1.82, 2.24) is 14.7 Å². The van der Waals surface area contributed by atoms with Gasteiger partial charge in [-0.25, -0.2) is 18.2 Å². The van der Waals surface area contributed by atoms with Gasteiger partial charge in [0.25, 0.3) is 17.7 Å². The average Bonchev–Trinajstić information content (AvgIpc) is 3.17. The quantitative estimate of drug-likeness (QED) is 0.591. The molecule has 1 aliphatic carbocycles. The molecule has 0 aliphatic heterocycles. The van der Waals surface area contributed by atoms with Crippen molar-refractivity contribution in [2.24, 2.45) is 0 Å². The zero-order valence-electron chi connectivity index (χ0n) is 16.2. The second kappa shape index (κ2) is 8.03. The van der Waals surface area contributed by atoms with Gasteiger partial charge in [0, 0.05) is 18.2 Å². The fraction of sp³-hybridized carbons (Fsp3) is 0.286. The summed E-state index contributed by atoms with van der Waals surface area (Å²) in [6, 6.07) is 7.31. The van der Waals surface area contributed by atoms with Crippen molar-refractivity contribution >= 4 is 23.1 Å². The normalized spacial score (nSPS) is 20.4. The Kier molecular flexibility index (Phi) is 5.40. The van der Waals surface area contributed by atoms with Crippen molar-refractivity contribution in [3.8, 4) is 0 Å². The lowest BCUT2D eigenvalue weighted by atomic mass is 9.89. The number of aliphatic hydroxyl groups is 1. The monoisotopic (exact) mass is 432 g/mol. The van der Waals surface area contributed by atoms with Crippen LogP contribution in [0.25, 0.3) is 5.65 Å². The third-order valence-corrected chi connectivity index (χ3v) is 5.28. The molecule has 3 aromatic rings. The van der Waals surface area contributed by atoms with E-state index in [4.69, 9.17) is 0 Å². The van der Waals surface area contributed by atoms with Gasteiger partial charge in [-0.1, -0.05) is 6.07 Å². The number of aliphatic hydroxyl groups excluding tert-OH is 1. The van der Waals surface area contributed by atoms with E-state index in [-0.39, 0.29) is 29.8 Å². The number of amides is 2. The molecule has 2 atom stereocenters. The van der Waals surface area contributed by atoms with Gasteiger partial charge in [0.15, 0.2) is 0 Å². The summed E-state index contributed by atoms with van der Waals surface area (Å²) in [4.78, 5) is 29.2. The molecule has 3 N–H and O–H groups in total. The summed E-state index contributed by atoms with van der Waals surface area (Å²) in [7, 11) is 0. The molecule has 4 rings (SSSR count). The maximum Gasteiger partial charge on any atom is 0.275 e. The molecule has 0 spiro atoms. The largest absolute Gasteiger partial charge is 0.385 e. The molecule has 0 bridgehead atoms. The first kappa shape index (κ1) is 20.9. The van der Waals surface area contributed by atoms with E-state index in [0.717, 1.165) is 12.1 Å². The lowest BCUT2D eigenvalue weighted by Crippen LogP contribution is -2.54. The number of imidazole rings is 1. The molecule has 0 unspecified atom stereocenters. The minimum atomic E-state index is -3.29. The Hall–Kier alpha value is -3.40. The van der Waals surface area contributed by atoms with Gasteiger partial charge < -0.3 is 15.7 Å². The van der Waals surface area contributed by atoms with Gasteiger partial charge in [0.1, 0.15) is 23.3 Å². The number of fused-ring (bicyclic) bond motifs is 1. The lowest BCUT2D eigenvalue weighted by molar-refractivity contribution is -0.141. The van der Waals surface area contributed by atoms with E-state index >= 15 is 0 Å². The van der Waals surface area contributed by atoms with Crippen LogP contribution in [0.5, 0.6) is 0 Å². The number of anilines is 1. The van der Waals surface area contributed by atoms with Crippen molar-refractivity contribution < 1.29 is 27.9 Å². The minimum Gasteiger partial charge on any atom is -0.385 e. The summed E-state index contributed by atoms with van der Waals surface area (Å²) in [5.74, 6) is -5.46. The second-order valence-electron chi connectivity index (χ2n) is 7.40. The number of carbonyl (C=O) groups is 2. The number of benzene rings is 1. The first-order valence-electron chi connectivity index (χ1n) is 9.66. The minimum absolute atomic E-state index is 0.0454. The number of nitrogens with one attached hydrogen (secondary N) is 2. The molecule has 10 heteroatoms. The van der Waals surface area contributed by atoms with E-state index in [9.17, 15) is 27.9 Å². The number of aromatic nitrogens is 2. The first-order chi connectivity index (χ1) is 14.8. The van der Waals surface area contributed by atoms with Crippen molar-refractivity contribution in [2.75, 3.05) is 5.32 Å². The van der Waals surface area contributed by atoms with E-state index in [1.807, 2.05) is 0 Å². The highest BCUT2D eigenvalue weighted by Gasteiger charge is 2.46. The van der Waals surface area contributed by atoms with Crippen molar-refractivity contribution in [3.05, 3.63) is 65.9 Å². The van der Waals surface area contributed by atoms with Crippen LogP contribution in [-0.2, 0) is 0 Å². The van der Waals surface area contributed by atoms with E-state index in [0.29, 0.717) is 5.65 Å². The van der Waals surface area contributed by atoms with Crippen LogP contribution in [0.2, 0.25) is 0 Å². The van der Waals surface area contributed by atoms with Gasteiger partial charge in [0.2, 0.25) is 0 Å². The molecular weight excluding hydrogens is 413 g/mol. The van der Waals surface area contributed by atoms with Crippen molar-refractivity contribution in [3.63, 3.8) is 0 Å². The van der Waals surface area contributed by atoms with Crippen molar-refractivity contribution in [1.29, 1.82) is 0 Å². The van der Waals surface area contributed by atoms with Gasteiger partial charge in [0.05, 0.1) is 17.9 Å². The zero-order chi connectivity index (χ0) is 22.2. The van der Waals surface area contributed by atoms with E-state index in [2.05, 4.69) is 15.6 Å². The van der Waals surface area contributed by atoms with Gasteiger partial charge >= 0.3 is 0 Å². The smallest absolute Gasteiger partial charge is 0.275 e. The van der Waals surface area contributed by atoms with Crippen LogP contribution in [0.4, 0.5) is 18.9 Å². The van der Waals surface area contributed by atoms with Crippen LogP contribution in [-0.4, -0.2) is 44.4 Å². The fourth-order valence-electron chi connectivity index (χ4n) is 3.61. The molecule has 7 nitrogen and oxygen atoms in total. The molecule has 162 valence electrons. The number of rotatable bonds is 4. The maximum absolute atomic E-state index is 14.3. The number of carbonyl (C=O) groups excluding carboxylic acids is 2. The first-order valence-corrected chi connectivity index (χ1v) is 9.66. The average molecular weight is 432 g/mol. The van der Waals surface area contributed by atoms with Gasteiger partial charge in [-0.05, 0) is 43.2 Å². The zero-order valence-corrected chi connectivity index (χ0v) is 16.2. The summed E-state index contributed by atoms with van der Waals surface area (Å²) in [6.45, 7) is 0. The second-order valence-corrected chi connectivity index (χ2v) is 7.40. The number of hydrogen-bond acceptors (Lipinski definition) is 4. The molecule has 0 radical (unpaired) electrons. The van der Waals surface area contributed by atoms with Crippen LogP contribution >= 0.6 is 0 Å². The third-order valence-electron chi connectivity index (χ3n) is 5.28. The van der Waals surface area contributed by atoms with Crippen molar-refractivity contribution in [2.45, 2.75) is 37.3 Å². The predicted molar refractivity (Wildman–Crippen MR) is 106 cm³/mol. The molecule has 2 amide bonds. The van der Waals surface area contributed by atoms with Crippen LogP contribution < -0.4 is 10.6 Å². The summed E-state index contributed by atoms with van der Waals surface area (Å²) in [5, 5.41) is 14.6. The molecule has 1 saturated carbocycles. The lowest BCUT2D eigenvalue weighted by Gasteiger charge is -2.34. The number of halogens is 3. The van der Waals surface area contributed by atoms with E-state index in [1.54, 1.807) is 24.4 Å². The topological polar surface area (TPSA) is 95.7 Å². The highest BCUT2D eigenvalue weighted by atomic mass is 19.3.